The van der Waals surface area contributed by atoms with E-state index in [0.717, 1.165) is 12.2 Å². The summed E-state index contributed by atoms with van der Waals surface area (Å²) in [6.07, 6.45) is 0.786. The lowest BCUT2D eigenvalue weighted by Crippen LogP contribution is -2.38. The molecular weight excluding hydrogens is 536 g/mol. The molecule has 0 aromatic heterocycles. The summed E-state index contributed by atoms with van der Waals surface area (Å²) < 4.78 is 36.3. The molecule has 2 bridgehead atoms. The fourth-order valence-corrected chi connectivity index (χ4v) is 4.78. The van der Waals surface area contributed by atoms with Crippen LogP contribution < -0.4 is 0 Å². The Morgan fingerprint density at radius 2 is 1.41 bits per heavy atom. The maximum Gasteiger partial charge on any atom is 0.333 e. The van der Waals surface area contributed by atoms with Crippen molar-refractivity contribution in [2.45, 2.75) is 70.6 Å². The predicted octanol–water partition coefficient (Wildman–Crippen LogP) is 3.25. The number of hydrogen-bond donors (Lipinski definition) is 0. The van der Waals surface area contributed by atoms with Crippen molar-refractivity contribution in [3.05, 3.63) is 61.1 Å². The second-order valence-electron chi connectivity index (χ2n) is 10.5. The van der Waals surface area contributed by atoms with Crippen molar-refractivity contribution in [1.29, 1.82) is 0 Å². The van der Waals surface area contributed by atoms with Gasteiger partial charge in [0, 0.05) is 35.5 Å². The summed E-state index contributed by atoms with van der Waals surface area (Å²) in [6.45, 7) is 24.2. The molecule has 0 aromatic rings. The summed E-state index contributed by atoms with van der Waals surface area (Å²) in [5.41, 5.74) is 1.15. The van der Waals surface area contributed by atoms with Crippen LogP contribution in [0.15, 0.2) is 61.1 Å². The molecule has 0 N–H and O–H groups in total. The molecule has 11 heteroatoms. The van der Waals surface area contributed by atoms with Crippen molar-refractivity contribution in [3.8, 4) is 0 Å². The normalized spacial score (nSPS) is 30.2. The molecule has 7 atom stereocenters. The number of carbonyl (C=O) groups is 4. The highest BCUT2D eigenvalue weighted by Gasteiger charge is 2.59. The lowest BCUT2D eigenvalue weighted by atomic mass is 9.79. The summed E-state index contributed by atoms with van der Waals surface area (Å²) in [5, 5.41) is 0. The molecule has 5 aliphatic heterocycles. The average Bonchev–Trinajstić information content (AvgIpc) is 3.72. The Morgan fingerprint density at radius 1 is 0.805 bits per heavy atom. The van der Waals surface area contributed by atoms with Crippen molar-refractivity contribution in [1.82, 2.24) is 0 Å². The highest BCUT2D eigenvalue weighted by molar-refractivity contribution is 5.88. The first-order chi connectivity index (χ1) is 19.3. The van der Waals surface area contributed by atoms with Crippen LogP contribution in [-0.4, -0.2) is 74.2 Å². The van der Waals surface area contributed by atoms with E-state index >= 15 is 0 Å². The number of cyclic esters (lactones) is 1. The monoisotopic (exact) mass is 574 g/mol. The van der Waals surface area contributed by atoms with E-state index in [2.05, 4.69) is 37.6 Å². The van der Waals surface area contributed by atoms with Crippen LogP contribution in [0.1, 0.15) is 40.0 Å². The maximum absolute atomic E-state index is 11.5. The Kier molecular flexibility index (Phi) is 10.6. The molecule has 7 unspecified atom stereocenters. The molecule has 0 aliphatic carbocycles. The number of fused-ring (bicyclic) bond motifs is 5. The van der Waals surface area contributed by atoms with Gasteiger partial charge in [-0.05, 0) is 20.8 Å². The minimum absolute atomic E-state index is 0.0803. The third-order valence-corrected chi connectivity index (χ3v) is 6.97. The lowest BCUT2D eigenvalue weighted by Gasteiger charge is -2.26. The van der Waals surface area contributed by atoms with Crippen molar-refractivity contribution in [3.63, 3.8) is 0 Å². The maximum atomic E-state index is 11.5. The second-order valence-corrected chi connectivity index (χ2v) is 10.5. The Morgan fingerprint density at radius 3 is 1.95 bits per heavy atom. The predicted molar refractivity (Wildman–Crippen MR) is 145 cm³/mol. The first-order valence-corrected chi connectivity index (χ1v) is 13.3. The van der Waals surface area contributed by atoms with Crippen LogP contribution in [0.4, 0.5) is 0 Å². The molecule has 5 rings (SSSR count). The molecule has 0 aromatic carbocycles. The van der Waals surface area contributed by atoms with Gasteiger partial charge in [0.2, 0.25) is 0 Å². The van der Waals surface area contributed by atoms with E-state index in [4.69, 9.17) is 28.4 Å². The summed E-state index contributed by atoms with van der Waals surface area (Å²) >= 11 is 0. The highest BCUT2D eigenvalue weighted by Crippen LogP contribution is 2.51. The van der Waals surface area contributed by atoms with E-state index < -0.39 is 12.1 Å². The molecule has 0 radical (unpaired) electrons. The van der Waals surface area contributed by atoms with Crippen LogP contribution in [0.3, 0.4) is 0 Å². The summed E-state index contributed by atoms with van der Waals surface area (Å²) in [4.78, 5) is 44.0. The second kappa shape index (κ2) is 13.7. The largest absolute Gasteiger partial charge is 0.498 e. The summed E-state index contributed by atoms with van der Waals surface area (Å²) in [6, 6.07) is 0. The Balaban J connectivity index is 0.000000174. The molecule has 0 amide bonds. The van der Waals surface area contributed by atoms with Crippen LogP contribution in [0.2, 0.25) is 0 Å². The van der Waals surface area contributed by atoms with Gasteiger partial charge in [-0.3, -0.25) is 4.79 Å². The molecule has 0 spiro atoms. The van der Waals surface area contributed by atoms with E-state index in [1.165, 1.54) is 0 Å². The quantitative estimate of drug-likeness (QED) is 0.263. The standard InChI is InChI=1S/C13H16O4.C9H12O3.C8H10O4/c1-6(2)13(14)17-10-4-9-8-5-15-7(3)11(8)12(10)16-9;1-6(2)9(10)12-8-4-5-11-7(8)3;1-5(2)8(10)12-6-3-7(9)11-4-6/h8-12H,1,3-5H2,2H3;8H,1,3-5H2,2H3;6H,1,3-4H2,2H3. The number of hydrogen-bond acceptors (Lipinski definition) is 11. The molecule has 41 heavy (non-hydrogen) atoms. The Hall–Kier alpha value is -3.86. The molecule has 5 heterocycles. The SMILES string of the molecule is C=C(C)C(=O)OC1CC2OC1C1C(=C)OCC21.C=C(C)C(=O)OC1CCOC1=C.C=C(C)C(=O)OC1COC(=O)C1. The number of carbonyl (C=O) groups excluding carboxylic acids is 4. The number of rotatable bonds is 6. The summed E-state index contributed by atoms with van der Waals surface area (Å²) in [7, 11) is 0. The van der Waals surface area contributed by atoms with Crippen molar-refractivity contribution in [2.24, 2.45) is 11.8 Å². The van der Waals surface area contributed by atoms with Gasteiger partial charge in [0.25, 0.3) is 0 Å². The van der Waals surface area contributed by atoms with Gasteiger partial charge in [-0.15, -0.1) is 0 Å². The van der Waals surface area contributed by atoms with E-state index in [-0.39, 0.29) is 61.3 Å². The van der Waals surface area contributed by atoms with E-state index in [1.807, 2.05) is 0 Å². The van der Waals surface area contributed by atoms with Gasteiger partial charge in [-0.2, -0.15) is 0 Å². The van der Waals surface area contributed by atoms with Gasteiger partial charge in [-0.1, -0.05) is 32.9 Å². The van der Waals surface area contributed by atoms with Gasteiger partial charge in [0.1, 0.15) is 30.7 Å². The minimum Gasteiger partial charge on any atom is -0.498 e. The molecule has 5 fully saturated rings. The third kappa shape index (κ3) is 8.09. The molecule has 5 saturated heterocycles. The first-order valence-electron chi connectivity index (χ1n) is 13.3. The van der Waals surface area contributed by atoms with Crippen LogP contribution in [0.25, 0.3) is 0 Å². The van der Waals surface area contributed by atoms with Crippen molar-refractivity contribution >= 4 is 23.9 Å². The van der Waals surface area contributed by atoms with E-state index in [0.29, 0.717) is 48.0 Å². The molecular formula is C30H38O11. The summed E-state index contributed by atoms with van der Waals surface area (Å²) in [5.74, 6) is 0.374. The van der Waals surface area contributed by atoms with Gasteiger partial charge in [0.05, 0.1) is 37.4 Å². The van der Waals surface area contributed by atoms with Gasteiger partial charge in [-0.25, -0.2) is 14.4 Å². The van der Waals surface area contributed by atoms with Crippen LogP contribution in [0, 0.1) is 11.8 Å². The Bertz CT molecular complexity index is 1140. The zero-order chi connectivity index (χ0) is 30.4. The third-order valence-electron chi connectivity index (χ3n) is 6.97. The lowest BCUT2D eigenvalue weighted by molar-refractivity contribution is -0.147. The van der Waals surface area contributed by atoms with Crippen molar-refractivity contribution < 1.29 is 52.3 Å². The van der Waals surface area contributed by atoms with E-state index in [1.54, 1.807) is 20.8 Å². The smallest absolute Gasteiger partial charge is 0.333 e. The first kappa shape index (κ1) is 31.7. The molecule has 11 nitrogen and oxygen atoms in total. The Labute approximate surface area is 239 Å². The number of esters is 4. The van der Waals surface area contributed by atoms with Crippen molar-refractivity contribution in [2.75, 3.05) is 19.8 Å². The number of ether oxygens (including phenoxy) is 7. The van der Waals surface area contributed by atoms with E-state index in [9.17, 15) is 19.2 Å². The zero-order valence-electron chi connectivity index (χ0n) is 23.8. The van der Waals surface area contributed by atoms with Crippen LogP contribution >= 0.6 is 0 Å². The molecule has 0 saturated carbocycles. The van der Waals surface area contributed by atoms with Crippen LogP contribution in [-0.2, 0) is 52.3 Å². The fourth-order valence-electron chi connectivity index (χ4n) is 4.78. The molecule has 224 valence electrons. The van der Waals surface area contributed by atoms with Crippen LogP contribution in [0.5, 0.6) is 0 Å². The molecule has 5 aliphatic rings. The van der Waals surface area contributed by atoms with Gasteiger partial charge >= 0.3 is 23.9 Å². The topological polar surface area (TPSA) is 133 Å². The minimum atomic E-state index is -0.474. The van der Waals surface area contributed by atoms with Gasteiger partial charge in [0.15, 0.2) is 6.10 Å². The zero-order valence-corrected chi connectivity index (χ0v) is 23.8. The van der Waals surface area contributed by atoms with Gasteiger partial charge < -0.3 is 33.2 Å². The fraction of sp³-hybridized carbons (Fsp3) is 0.533. The average molecular weight is 575 g/mol. The highest BCUT2D eigenvalue weighted by atomic mass is 16.6.